The summed E-state index contributed by atoms with van der Waals surface area (Å²) in [6.45, 7) is -0.200. The lowest BCUT2D eigenvalue weighted by atomic mass is 9.83. The second-order valence-electron chi connectivity index (χ2n) is 7.32. The van der Waals surface area contributed by atoms with Gasteiger partial charge in [-0.1, -0.05) is 37.5 Å². The zero-order valence-electron chi connectivity index (χ0n) is 17.1. The largest absolute Gasteiger partial charge is 0.492 e. The lowest BCUT2D eigenvalue weighted by Gasteiger charge is -2.31. The van der Waals surface area contributed by atoms with Gasteiger partial charge in [-0.2, -0.15) is 10.4 Å². The Balaban J connectivity index is 1.53. The fourth-order valence-corrected chi connectivity index (χ4v) is 3.41. The molecular formula is C22H24N4O5. The van der Waals surface area contributed by atoms with Gasteiger partial charge in [0.2, 0.25) is 0 Å². The van der Waals surface area contributed by atoms with Crippen molar-refractivity contribution in [3.8, 4) is 11.8 Å². The molecule has 0 saturated heterocycles. The smallest absolute Gasteiger partial charge is 0.359 e. The van der Waals surface area contributed by atoms with Crippen LogP contribution in [0.4, 0.5) is 0 Å². The summed E-state index contributed by atoms with van der Waals surface area (Å²) in [5.74, 6) is -0.714. The molecule has 2 aromatic rings. The summed E-state index contributed by atoms with van der Waals surface area (Å²) < 4.78 is 11.7. The second kappa shape index (κ2) is 10.4. The highest BCUT2D eigenvalue weighted by atomic mass is 16.5. The molecule has 1 heterocycles. The Morgan fingerprint density at radius 3 is 2.58 bits per heavy atom. The number of carbonyl (C=O) groups excluding carboxylic acids is 2. The summed E-state index contributed by atoms with van der Waals surface area (Å²) in [7, 11) is 0. The van der Waals surface area contributed by atoms with Gasteiger partial charge in [0.1, 0.15) is 17.9 Å². The highest BCUT2D eigenvalue weighted by molar-refractivity contribution is 5.89. The van der Waals surface area contributed by atoms with E-state index in [1.165, 1.54) is 12.1 Å². The molecule has 1 amide bonds. The van der Waals surface area contributed by atoms with Gasteiger partial charge in [0.25, 0.3) is 11.5 Å². The minimum atomic E-state index is -0.897. The topological polar surface area (TPSA) is 123 Å². The van der Waals surface area contributed by atoms with E-state index in [0.717, 1.165) is 23.9 Å². The highest BCUT2D eigenvalue weighted by Crippen LogP contribution is 2.27. The molecule has 31 heavy (non-hydrogen) atoms. The minimum Gasteiger partial charge on any atom is -0.492 e. The van der Waals surface area contributed by atoms with E-state index in [1.807, 2.05) is 18.2 Å². The summed E-state index contributed by atoms with van der Waals surface area (Å²) in [6.07, 6.45) is 3.94. The molecule has 0 aliphatic heterocycles. The number of aromatic nitrogens is 2. The molecule has 162 valence electrons. The van der Waals surface area contributed by atoms with Crippen LogP contribution >= 0.6 is 0 Å². The quantitative estimate of drug-likeness (QED) is 0.641. The number of carbonyl (C=O) groups is 2. The van der Waals surface area contributed by atoms with Crippen LogP contribution < -0.4 is 15.6 Å². The van der Waals surface area contributed by atoms with Crippen LogP contribution in [0, 0.1) is 11.3 Å². The third-order valence-electron chi connectivity index (χ3n) is 5.02. The molecule has 0 atom stereocenters. The number of nitrogens with one attached hydrogen (secondary N) is 1. The maximum Gasteiger partial charge on any atom is 0.359 e. The summed E-state index contributed by atoms with van der Waals surface area (Å²) >= 11 is 0. The van der Waals surface area contributed by atoms with E-state index in [0.29, 0.717) is 18.6 Å². The third kappa shape index (κ3) is 6.15. The average Bonchev–Trinajstić information content (AvgIpc) is 2.80. The van der Waals surface area contributed by atoms with E-state index in [1.54, 1.807) is 12.1 Å². The first-order valence-corrected chi connectivity index (χ1v) is 10.2. The first-order valence-electron chi connectivity index (χ1n) is 10.2. The third-order valence-corrected chi connectivity index (χ3v) is 5.02. The molecule has 9 nitrogen and oxygen atoms in total. The highest BCUT2D eigenvalue weighted by Gasteiger charge is 2.33. The van der Waals surface area contributed by atoms with Crippen LogP contribution in [0.2, 0.25) is 0 Å². The standard InChI is InChI=1S/C22H24N4O5/c23-16-22(11-5-2-6-12-22)24-19(27)15-31-21(29)18-9-10-20(28)26(25-18)13-14-30-17-7-3-1-4-8-17/h1,3-4,7-10H,2,5-6,11-15H2,(H,24,27). The normalized spacial score (nSPS) is 14.8. The van der Waals surface area contributed by atoms with Gasteiger partial charge in [0, 0.05) is 6.07 Å². The van der Waals surface area contributed by atoms with Gasteiger partial charge in [-0.3, -0.25) is 9.59 Å². The lowest BCUT2D eigenvalue weighted by Crippen LogP contribution is -2.50. The first-order chi connectivity index (χ1) is 15.0. The first kappa shape index (κ1) is 22.0. The molecule has 0 unspecified atom stereocenters. The monoisotopic (exact) mass is 424 g/mol. The van der Waals surface area contributed by atoms with Crippen LogP contribution in [0.15, 0.2) is 47.3 Å². The summed E-state index contributed by atoms with van der Waals surface area (Å²) in [5.41, 5.74) is -1.38. The van der Waals surface area contributed by atoms with Crippen molar-refractivity contribution in [1.82, 2.24) is 15.1 Å². The number of rotatable bonds is 8. The van der Waals surface area contributed by atoms with Crippen LogP contribution in [0.25, 0.3) is 0 Å². The second-order valence-corrected chi connectivity index (χ2v) is 7.32. The number of nitrogens with zero attached hydrogens (tertiary/aromatic N) is 3. The summed E-state index contributed by atoms with van der Waals surface area (Å²) in [6, 6.07) is 13.7. The van der Waals surface area contributed by atoms with Crippen LogP contribution in [-0.2, 0) is 16.1 Å². The van der Waals surface area contributed by atoms with Crippen LogP contribution in [-0.4, -0.2) is 40.4 Å². The van der Waals surface area contributed by atoms with Gasteiger partial charge in [-0.05, 0) is 31.0 Å². The molecule has 1 aliphatic carbocycles. The fourth-order valence-electron chi connectivity index (χ4n) is 3.41. The molecule has 1 fully saturated rings. The Morgan fingerprint density at radius 2 is 1.87 bits per heavy atom. The molecule has 1 aromatic carbocycles. The minimum absolute atomic E-state index is 0.0974. The van der Waals surface area contributed by atoms with Gasteiger partial charge >= 0.3 is 5.97 Å². The molecular weight excluding hydrogens is 400 g/mol. The van der Waals surface area contributed by atoms with Gasteiger partial charge in [-0.25, -0.2) is 9.48 Å². The molecule has 3 rings (SSSR count). The van der Waals surface area contributed by atoms with Crippen LogP contribution in [0.3, 0.4) is 0 Å². The van der Waals surface area contributed by atoms with Crippen molar-refractivity contribution < 1.29 is 19.1 Å². The molecule has 1 saturated carbocycles. The SMILES string of the molecule is N#CC1(NC(=O)COC(=O)c2ccc(=O)n(CCOc3ccccc3)n2)CCCCC1. The average molecular weight is 424 g/mol. The summed E-state index contributed by atoms with van der Waals surface area (Å²) in [4.78, 5) is 36.4. The Labute approximate surface area is 179 Å². The van der Waals surface area contributed by atoms with Crippen molar-refractivity contribution in [3.05, 3.63) is 58.5 Å². The number of para-hydroxylation sites is 1. The Kier molecular flexibility index (Phi) is 7.38. The Morgan fingerprint density at radius 1 is 1.13 bits per heavy atom. The van der Waals surface area contributed by atoms with Crippen molar-refractivity contribution in [2.24, 2.45) is 0 Å². The molecule has 0 radical (unpaired) electrons. The zero-order chi connectivity index (χ0) is 22.1. The van der Waals surface area contributed by atoms with E-state index in [2.05, 4.69) is 16.5 Å². The van der Waals surface area contributed by atoms with E-state index < -0.39 is 24.0 Å². The molecule has 9 heteroatoms. The van der Waals surface area contributed by atoms with Gasteiger partial charge < -0.3 is 14.8 Å². The summed E-state index contributed by atoms with van der Waals surface area (Å²) in [5, 5.41) is 16.1. The van der Waals surface area contributed by atoms with Crippen molar-refractivity contribution in [2.45, 2.75) is 44.2 Å². The van der Waals surface area contributed by atoms with Gasteiger partial charge in [-0.15, -0.1) is 0 Å². The Bertz CT molecular complexity index is 1010. The predicted octanol–water partition coefficient (Wildman–Crippen LogP) is 1.82. The van der Waals surface area contributed by atoms with E-state index >= 15 is 0 Å². The number of hydrogen-bond donors (Lipinski definition) is 1. The van der Waals surface area contributed by atoms with Crippen molar-refractivity contribution >= 4 is 11.9 Å². The maximum absolute atomic E-state index is 12.3. The van der Waals surface area contributed by atoms with Crippen LogP contribution in [0.5, 0.6) is 5.75 Å². The molecule has 1 aliphatic rings. The fraction of sp³-hybridized carbons (Fsp3) is 0.409. The predicted molar refractivity (Wildman–Crippen MR) is 110 cm³/mol. The molecule has 1 aromatic heterocycles. The molecule has 0 bridgehead atoms. The Hall–Kier alpha value is -3.67. The van der Waals surface area contributed by atoms with Gasteiger partial charge in [0.05, 0.1) is 12.6 Å². The number of ether oxygens (including phenoxy) is 2. The lowest BCUT2D eigenvalue weighted by molar-refractivity contribution is -0.125. The van der Waals surface area contributed by atoms with Crippen molar-refractivity contribution in [2.75, 3.05) is 13.2 Å². The van der Waals surface area contributed by atoms with Gasteiger partial charge in [0.15, 0.2) is 12.3 Å². The number of hydrogen-bond acceptors (Lipinski definition) is 7. The molecule has 0 spiro atoms. The maximum atomic E-state index is 12.3. The van der Waals surface area contributed by atoms with Crippen molar-refractivity contribution in [1.29, 1.82) is 5.26 Å². The van der Waals surface area contributed by atoms with Crippen molar-refractivity contribution in [3.63, 3.8) is 0 Å². The van der Waals surface area contributed by atoms with E-state index in [9.17, 15) is 19.6 Å². The van der Waals surface area contributed by atoms with Crippen LogP contribution in [0.1, 0.15) is 42.6 Å². The zero-order valence-corrected chi connectivity index (χ0v) is 17.1. The number of amides is 1. The van der Waals surface area contributed by atoms with E-state index in [-0.39, 0.29) is 24.4 Å². The number of nitriles is 1. The number of benzene rings is 1. The van der Waals surface area contributed by atoms with E-state index in [4.69, 9.17) is 9.47 Å². The number of esters is 1. The molecule has 1 N–H and O–H groups in total.